The van der Waals surface area contributed by atoms with E-state index < -0.39 is 0 Å². The largest absolute Gasteiger partial charge is 0.274 e. The number of rotatable bonds is 5. The molecule has 0 spiro atoms. The summed E-state index contributed by atoms with van der Waals surface area (Å²) in [5.41, 5.74) is 1.13. The normalized spacial score (nSPS) is 10.8. The van der Waals surface area contributed by atoms with Crippen molar-refractivity contribution in [2.24, 2.45) is 0 Å². The van der Waals surface area contributed by atoms with Crippen LogP contribution in [0, 0.1) is 0 Å². The molecule has 5 heteroatoms. The van der Waals surface area contributed by atoms with Gasteiger partial charge in [0, 0.05) is 17.0 Å². The second-order valence-electron chi connectivity index (χ2n) is 4.26. The molecule has 3 rings (SSSR count). The van der Waals surface area contributed by atoms with Gasteiger partial charge < -0.3 is 0 Å². The van der Waals surface area contributed by atoms with E-state index in [1.807, 2.05) is 18.2 Å². The first-order valence-corrected chi connectivity index (χ1v) is 8.40. The molecule has 0 unspecified atom stereocenters. The molecular formula is C15H15N3S2. The Bertz CT molecular complexity index is 660. The third-order valence-electron chi connectivity index (χ3n) is 2.90. The highest BCUT2D eigenvalue weighted by Gasteiger charge is 2.14. The summed E-state index contributed by atoms with van der Waals surface area (Å²) in [7, 11) is 0. The Balaban J connectivity index is 2.02. The van der Waals surface area contributed by atoms with Crippen LogP contribution in [0.15, 0.2) is 53.0 Å². The van der Waals surface area contributed by atoms with Crippen molar-refractivity contribution in [1.82, 2.24) is 14.8 Å². The minimum absolute atomic E-state index is 0.823. The van der Waals surface area contributed by atoms with Gasteiger partial charge in [-0.2, -0.15) is 0 Å². The smallest absolute Gasteiger partial charge is 0.195 e. The van der Waals surface area contributed by atoms with Crippen molar-refractivity contribution in [3.8, 4) is 5.69 Å². The van der Waals surface area contributed by atoms with Crippen molar-refractivity contribution in [3.63, 3.8) is 0 Å². The lowest BCUT2D eigenvalue weighted by atomic mass is 10.3. The van der Waals surface area contributed by atoms with Gasteiger partial charge in [0.05, 0.1) is 0 Å². The number of hydrogen-bond donors (Lipinski definition) is 0. The van der Waals surface area contributed by atoms with E-state index in [1.54, 1.807) is 23.1 Å². The average Bonchev–Trinajstić information content (AvgIpc) is 3.11. The third kappa shape index (κ3) is 2.78. The van der Waals surface area contributed by atoms with E-state index in [9.17, 15) is 0 Å². The number of thioether (sulfide) groups is 1. The molecule has 0 aliphatic rings. The summed E-state index contributed by atoms with van der Waals surface area (Å²) in [6.07, 6.45) is 0.823. The molecule has 0 radical (unpaired) electrons. The fourth-order valence-electron chi connectivity index (χ4n) is 2.04. The minimum atomic E-state index is 0.823. The molecule has 1 aromatic carbocycles. The molecule has 0 N–H and O–H groups in total. The zero-order valence-electron chi connectivity index (χ0n) is 11.2. The first kappa shape index (κ1) is 13.4. The van der Waals surface area contributed by atoms with Gasteiger partial charge in [0.1, 0.15) is 5.82 Å². The van der Waals surface area contributed by atoms with Crippen LogP contribution in [0.2, 0.25) is 0 Å². The van der Waals surface area contributed by atoms with Crippen LogP contribution in [0.25, 0.3) is 5.69 Å². The fourth-order valence-corrected chi connectivity index (χ4v) is 3.44. The molecule has 3 nitrogen and oxygen atoms in total. The van der Waals surface area contributed by atoms with E-state index in [0.717, 1.165) is 28.8 Å². The van der Waals surface area contributed by atoms with Crippen molar-refractivity contribution in [3.05, 3.63) is 58.5 Å². The summed E-state index contributed by atoms with van der Waals surface area (Å²) >= 11 is 3.48. The summed E-state index contributed by atoms with van der Waals surface area (Å²) in [4.78, 5) is 1.31. The van der Waals surface area contributed by atoms with E-state index in [4.69, 9.17) is 0 Å². The monoisotopic (exact) mass is 301 g/mol. The number of aromatic nitrogens is 3. The van der Waals surface area contributed by atoms with Crippen LogP contribution in [-0.2, 0) is 6.42 Å². The quantitative estimate of drug-likeness (QED) is 0.667. The van der Waals surface area contributed by atoms with Gasteiger partial charge in [-0.05, 0) is 29.3 Å². The highest BCUT2D eigenvalue weighted by molar-refractivity contribution is 7.99. The Kier molecular flexibility index (Phi) is 4.18. The number of hydrogen-bond acceptors (Lipinski definition) is 4. The average molecular weight is 301 g/mol. The molecule has 20 heavy (non-hydrogen) atoms. The zero-order valence-corrected chi connectivity index (χ0v) is 12.8. The highest BCUT2D eigenvalue weighted by atomic mass is 32.2. The van der Waals surface area contributed by atoms with Gasteiger partial charge in [-0.1, -0.05) is 43.0 Å². The van der Waals surface area contributed by atoms with E-state index in [2.05, 4.69) is 51.3 Å². The first-order valence-electron chi connectivity index (χ1n) is 6.53. The lowest BCUT2D eigenvalue weighted by Gasteiger charge is -2.09. The maximum atomic E-state index is 4.38. The van der Waals surface area contributed by atoms with Crippen molar-refractivity contribution in [1.29, 1.82) is 0 Å². The lowest BCUT2D eigenvalue weighted by Crippen LogP contribution is -2.03. The second kappa shape index (κ2) is 6.24. The topological polar surface area (TPSA) is 30.7 Å². The molecule has 0 amide bonds. The standard InChI is InChI=1S/C15H15N3S2/c1-2-19-15-17-16-14(11-13-9-6-10-20-13)18(15)12-7-4-3-5-8-12/h3-10H,2,11H2,1H3. The molecule has 0 aliphatic carbocycles. The molecule has 0 saturated heterocycles. The Morgan fingerprint density at radius 1 is 1.10 bits per heavy atom. The van der Waals surface area contributed by atoms with E-state index >= 15 is 0 Å². The number of nitrogens with zero attached hydrogens (tertiary/aromatic N) is 3. The Morgan fingerprint density at radius 3 is 2.65 bits per heavy atom. The molecular weight excluding hydrogens is 286 g/mol. The third-order valence-corrected chi connectivity index (χ3v) is 4.59. The van der Waals surface area contributed by atoms with Gasteiger partial charge in [0.15, 0.2) is 5.16 Å². The van der Waals surface area contributed by atoms with Crippen molar-refractivity contribution < 1.29 is 0 Å². The van der Waals surface area contributed by atoms with E-state index in [-0.39, 0.29) is 0 Å². The van der Waals surface area contributed by atoms with Crippen LogP contribution in [0.5, 0.6) is 0 Å². The summed E-state index contributed by atoms with van der Waals surface area (Å²) in [5, 5.41) is 11.8. The molecule has 2 aromatic heterocycles. The van der Waals surface area contributed by atoms with Gasteiger partial charge in [-0.25, -0.2) is 0 Å². The highest BCUT2D eigenvalue weighted by Crippen LogP contribution is 2.24. The number of benzene rings is 1. The predicted octanol–water partition coefficient (Wildman–Crippen LogP) is 4.03. The van der Waals surface area contributed by atoms with E-state index in [0.29, 0.717) is 0 Å². The maximum Gasteiger partial charge on any atom is 0.195 e. The first-order chi connectivity index (χ1) is 9.88. The summed E-state index contributed by atoms with van der Waals surface area (Å²) < 4.78 is 2.16. The van der Waals surface area contributed by atoms with Gasteiger partial charge in [0.25, 0.3) is 0 Å². The summed E-state index contributed by atoms with van der Waals surface area (Å²) in [6, 6.07) is 14.5. The minimum Gasteiger partial charge on any atom is -0.274 e. The van der Waals surface area contributed by atoms with Crippen LogP contribution in [0.3, 0.4) is 0 Å². The lowest BCUT2D eigenvalue weighted by molar-refractivity contribution is 0.851. The molecule has 2 heterocycles. The Hall–Kier alpha value is -1.59. The van der Waals surface area contributed by atoms with Gasteiger partial charge >= 0.3 is 0 Å². The summed E-state index contributed by atoms with van der Waals surface area (Å²) in [5.74, 6) is 1.99. The fraction of sp³-hybridized carbons (Fsp3) is 0.200. The molecule has 0 bridgehead atoms. The van der Waals surface area contributed by atoms with E-state index in [1.165, 1.54) is 4.88 Å². The molecule has 0 fully saturated rings. The molecule has 0 atom stereocenters. The van der Waals surface area contributed by atoms with Crippen LogP contribution in [-0.4, -0.2) is 20.5 Å². The second-order valence-corrected chi connectivity index (χ2v) is 6.52. The van der Waals surface area contributed by atoms with Gasteiger partial charge in [-0.3, -0.25) is 4.57 Å². The number of thiophene rings is 1. The molecule has 102 valence electrons. The molecule has 0 aliphatic heterocycles. The maximum absolute atomic E-state index is 4.38. The van der Waals surface area contributed by atoms with Crippen molar-refractivity contribution >= 4 is 23.1 Å². The SMILES string of the molecule is CCSc1nnc(Cc2cccs2)n1-c1ccccc1. The Morgan fingerprint density at radius 2 is 1.95 bits per heavy atom. The zero-order chi connectivity index (χ0) is 13.8. The van der Waals surface area contributed by atoms with Gasteiger partial charge in [0.2, 0.25) is 0 Å². The molecule has 0 saturated carbocycles. The molecule has 3 aromatic rings. The van der Waals surface area contributed by atoms with Crippen LogP contribution in [0.1, 0.15) is 17.6 Å². The summed E-state index contributed by atoms with van der Waals surface area (Å²) in [6.45, 7) is 2.13. The number of para-hydroxylation sites is 1. The van der Waals surface area contributed by atoms with Crippen molar-refractivity contribution in [2.45, 2.75) is 18.5 Å². The Labute approximate surface area is 126 Å². The van der Waals surface area contributed by atoms with Gasteiger partial charge in [-0.15, -0.1) is 21.5 Å². The van der Waals surface area contributed by atoms with Crippen LogP contribution in [0.4, 0.5) is 0 Å². The van der Waals surface area contributed by atoms with Crippen molar-refractivity contribution in [2.75, 3.05) is 5.75 Å². The van der Waals surface area contributed by atoms with Crippen LogP contribution < -0.4 is 0 Å². The van der Waals surface area contributed by atoms with Crippen LogP contribution >= 0.6 is 23.1 Å². The predicted molar refractivity (Wildman–Crippen MR) is 84.9 cm³/mol.